The third kappa shape index (κ3) is 5.26. The number of amides is 1. The van der Waals surface area contributed by atoms with Gasteiger partial charge < -0.3 is 10.1 Å². The minimum absolute atomic E-state index is 0.0122. The Labute approximate surface area is 164 Å². The van der Waals surface area contributed by atoms with Gasteiger partial charge in [0.15, 0.2) is 0 Å². The molecular formula is C19H24N4O4S. The maximum Gasteiger partial charge on any atom is 0.316 e. The molecule has 2 aromatic rings. The maximum absolute atomic E-state index is 12.8. The molecule has 1 aliphatic rings. The number of ether oxygens (including phenoxy) is 1. The standard InChI is InChI=1S/C19H24N4O4S/c1-13-12-16(22-14(2)24)6-9-18(13)28(25,26)23-15-4-7-17(8-5-15)27-19-20-10-3-11-21-19/h3,6,9-12,15,17,23H,4-5,7-8H2,1-2H3,(H,22,24). The summed E-state index contributed by atoms with van der Waals surface area (Å²) in [5.41, 5.74) is 1.15. The van der Waals surface area contributed by atoms with Crippen LogP contribution in [-0.2, 0) is 14.8 Å². The van der Waals surface area contributed by atoms with Crippen molar-refractivity contribution in [2.45, 2.75) is 56.6 Å². The second kappa shape index (κ2) is 8.66. The van der Waals surface area contributed by atoms with Gasteiger partial charge in [0.2, 0.25) is 15.9 Å². The third-order valence-electron chi connectivity index (χ3n) is 4.60. The number of carbonyl (C=O) groups excluding carboxylic acids is 1. The summed E-state index contributed by atoms with van der Waals surface area (Å²) < 4.78 is 34.1. The molecule has 9 heteroatoms. The summed E-state index contributed by atoms with van der Waals surface area (Å²) >= 11 is 0. The van der Waals surface area contributed by atoms with E-state index < -0.39 is 10.0 Å². The average Bonchev–Trinajstić information content (AvgIpc) is 2.63. The number of carbonyl (C=O) groups is 1. The summed E-state index contributed by atoms with van der Waals surface area (Å²) in [6.45, 7) is 3.12. The Hall–Kier alpha value is -2.52. The molecule has 1 saturated carbocycles. The van der Waals surface area contributed by atoms with E-state index in [2.05, 4.69) is 20.0 Å². The van der Waals surface area contributed by atoms with Crippen LogP contribution in [0.4, 0.5) is 5.69 Å². The van der Waals surface area contributed by atoms with Gasteiger partial charge in [-0.3, -0.25) is 4.79 Å². The van der Waals surface area contributed by atoms with Gasteiger partial charge in [-0.15, -0.1) is 0 Å². The smallest absolute Gasteiger partial charge is 0.316 e. The van der Waals surface area contributed by atoms with E-state index >= 15 is 0 Å². The highest BCUT2D eigenvalue weighted by Crippen LogP contribution is 2.25. The van der Waals surface area contributed by atoms with E-state index in [1.54, 1.807) is 37.5 Å². The molecule has 0 saturated heterocycles. The van der Waals surface area contributed by atoms with Crippen molar-refractivity contribution >= 4 is 21.6 Å². The molecule has 1 amide bonds. The molecule has 0 bridgehead atoms. The van der Waals surface area contributed by atoms with Gasteiger partial charge in [0.1, 0.15) is 6.10 Å². The number of hydrogen-bond acceptors (Lipinski definition) is 6. The lowest BCUT2D eigenvalue weighted by molar-refractivity contribution is -0.114. The predicted octanol–water partition coefficient (Wildman–Crippen LogP) is 2.41. The average molecular weight is 404 g/mol. The van der Waals surface area contributed by atoms with Gasteiger partial charge in [-0.25, -0.2) is 23.1 Å². The summed E-state index contributed by atoms with van der Waals surface area (Å²) in [5, 5.41) is 2.65. The van der Waals surface area contributed by atoms with E-state index in [0.717, 1.165) is 12.8 Å². The van der Waals surface area contributed by atoms with Gasteiger partial charge >= 0.3 is 6.01 Å². The molecule has 0 unspecified atom stereocenters. The lowest BCUT2D eigenvalue weighted by Gasteiger charge is -2.28. The first kappa shape index (κ1) is 20.2. The quantitative estimate of drug-likeness (QED) is 0.765. The Kier molecular flexibility index (Phi) is 6.25. The van der Waals surface area contributed by atoms with Crippen LogP contribution < -0.4 is 14.8 Å². The molecule has 3 rings (SSSR count). The SMILES string of the molecule is CC(=O)Nc1ccc(S(=O)(=O)NC2CCC(Oc3ncccn3)CC2)c(C)c1. The zero-order chi connectivity index (χ0) is 20.1. The first-order chi connectivity index (χ1) is 13.3. The van der Waals surface area contributed by atoms with Crippen LogP contribution in [0.15, 0.2) is 41.6 Å². The van der Waals surface area contributed by atoms with E-state index in [-0.39, 0.29) is 22.9 Å². The molecule has 28 heavy (non-hydrogen) atoms. The number of aryl methyl sites for hydroxylation is 1. The summed E-state index contributed by atoms with van der Waals surface area (Å²) in [4.78, 5) is 19.5. The Morgan fingerprint density at radius 2 is 1.82 bits per heavy atom. The van der Waals surface area contributed by atoms with Crippen LogP contribution in [0.5, 0.6) is 6.01 Å². The van der Waals surface area contributed by atoms with Crippen molar-refractivity contribution in [1.29, 1.82) is 0 Å². The molecule has 1 aromatic carbocycles. The highest BCUT2D eigenvalue weighted by molar-refractivity contribution is 7.89. The van der Waals surface area contributed by atoms with Gasteiger partial charge in [-0.2, -0.15) is 0 Å². The molecule has 1 aliphatic carbocycles. The first-order valence-corrected chi connectivity index (χ1v) is 10.7. The summed E-state index contributed by atoms with van der Waals surface area (Å²) in [6.07, 6.45) is 6.06. The molecule has 150 valence electrons. The topological polar surface area (TPSA) is 110 Å². The number of hydrogen-bond donors (Lipinski definition) is 2. The molecule has 1 aromatic heterocycles. The lowest BCUT2D eigenvalue weighted by atomic mass is 9.94. The van der Waals surface area contributed by atoms with E-state index in [1.165, 1.54) is 13.0 Å². The van der Waals surface area contributed by atoms with Crippen LogP contribution in [0.2, 0.25) is 0 Å². The monoisotopic (exact) mass is 404 g/mol. The van der Waals surface area contributed by atoms with Crippen LogP contribution in [-0.4, -0.2) is 36.4 Å². The van der Waals surface area contributed by atoms with Crippen LogP contribution >= 0.6 is 0 Å². The summed E-state index contributed by atoms with van der Waals surface area (Å²) in [7, 11) is -3.64. The number of nitrogens with one attached hydrogen (secondary N) is 2. The highest BCUT2D eigenvalue weighted by Gasteiger charge is 2.27. The number of benzene rings is 1. The second-order valence-electron chi connectivity index (χ2n) is 6.91. The largest absolute Gasteiger partial charge is 0.460 e. The van der Waals surface area contributed by atoms with Gasteiger partial charge in [0.05, 0.1) is 4.90 Å². The fourth-order valence-corrected chi connectivity index (χ4v) is 4.84. The van der Waals surface area contributed by atoms with E-state index in [9.17, 15) is 13.2 Å². The molecule has 0 aliphatic heterocycles. The molecule has 1 heterocycles. The van der Waals surface area contributed by atoms with Crippen molar-refractivity contribution in [3.63, 3.8) is 0 Å². The fraction of sp³-hybridized carbons (Fsp3) is 0.421. The number of aromatic nitrogens is 2. The number of rotatable bonds is 6. The Morgan fingerprint density at radius 3 is 2.43 bits per heavy atom. The highest BCUT2D eigenvalue weighted by atomic mass is 32.2. The zero-order valence-electron chi connectivity index (χ0n) is 15.9. The summed E-state index contributed by atoms with van der Waals surface area (Å²) in [5.74, 6) is -0.201. The number of anilines is 1. The zero-order valence-corrected chi connectivity index (χ0v) is 16.7. The molecule has 1 fully saturated rings. The molecule has 8 nitrogen and oxygen atoms in total. The van der Waals surface area contributed by atoms with Crippen molar-refractivity contribution in [1.82, 2.24) is 14.7 Å². The van der Waals surface area contributed by atoms with E-state index in [0.29, 0.717) is 30.1 Å². The Bertz CT molecular complexity index is 926. The predicted molar refractivity (Wildman–Crippen MR) is 105 cm³/mol. The molecule has 0 radical (unpaired) electrons. The van der Waals surface area contributed by atoms with Crippen molar-refractivity contribution < 1.29 is 17.9 Å². The number of nitrogens with zero attached hydrogens (tertiary/aromatic N) is 2. The number of sulfonamides is 1. The normalized spacial score (nSPS) is 19.8. The van der Waals surface area contributed by atoms with Crippen molar-refractivity contribution in [3.8, 4) is 6.01 Å². The second-order valence-corrected chi connectivity index (χ2v) is 8.59. The van der Waals surface area contributed by atoms with E-state index in [1.807, 2.05) is 0 Å². The van der Waals surface area contributed by atoms with E-state index in [4.69, 9.17) is 4.74 Å². The Balaban J connectivity index is 1.58. The van der Waals surface area contributed by atoms with Crippen LogP contribution in [0, 0.1) is 6.92 Å². The van der Waals surface area contributed by atoms with Crippen molar-refractivity contribution in [2.75, 3.05) is 5.32 Å². The van der Waals surface area contributed by atoms with Crippen molar-refractivity contribution in [3.05, 3.63) is 42.2 Å². The minimum atomic E-state index is -3.64. The van der Waals surface area contributed by atoms with Crippen LogP contribution in [0.25, 0.3) is 0 Å². The fourth-order valence-electron chi connectivity index (χ4n) is 3.31. The van der Waals surface area contributed by atoms with Crippen molar-refractivity contribution in [2.24, 2.45) is 0 Å². The third-order valence-corrected chi connectivity index (χ3v) is 6.28. The van der Waals surface area contributed by atoms with Gasteiger partial charge in [-0.1, -0.05) is 0 Å². The minimum Gasteiger partial charge on any atom is -0.460 e. The first-order valence-electron chi connectivity index (χ1n) is 9.18. The summed E-state index contributed by atoms with van der Waals surface area (Å²) in [6, 6.07) is 6.69. The van der Waals surface area contributed by atoms with Gasteiger partial charge in [0.25, 0.3) is 0 Å². The Morgan fingerprint density at radius 1 is 1.14 bits per heavy atom. The van der Waals surface area contributed by atoms with Gasteiger partial charge in [-0.05, 0) is 62.4 Å². The van der Waals surface area contributed by atoms with Gasteiger partial charge in [0, 0.05) is 31.0 Å². The molecule has 0 spiro atoms. The van der Waals surface area contributed by atoms with Crippen LogP contribution in [0.1, 0.15) is 38.2 Å². The molecule has 0 atom stereocenters. The maximum atomic E-state index is 12.8. The van der Waals surface area contributed by atoms with Crippen LogP contribution in [0.3, 0.4) is 0 Å². The molecular weight excluding hydrogens is 380 g/mol. The lowest BCUT2D eigenvalue weighted by Crippen LogP contribution is -2.40. The molecule has 2 N–H and O–H groups in total.